The topological polar surface area (TPSA) is 58.4 Å². The summed E-state index contributed by atoms with van der Waals surface area (Å²) in [5.74, 6) is 0.589. The maximum atomic E-state index is 11.2. The van der Waals surface area contributed by atoms with Gasteiger partial charge in [-0.1, -0.05) is 11.6 Å². The third kappa shape index (κ3) is 3.61. The Labute approximate surface area is 124 Å². The zero-order chi connectivity index (χ0) is 14.5. The van der Waals surface area contributed by atoms with Gasteiger partial charge in [0.05, 0.1) is 4.92 Å². The first-order valence-corrected chi connectivity index (χ1v) is 7.39. The molecule has 0 saturated carbocycles. The summed E-state index contributed by atoms with van der Waals surface area (Å²) in [6.45, 7) is 5.71. The van der Waals surface area contributed by atoms with Crippen molar-refractivity contribution in [2.45, 2.75) is 19.8 Å². The van der Waals surface area contributed by atoms with Gasteiger partial charge in [0.25, 0.3) is 5.69 Å². The van der Waals surface area contributed by atoms with Crippen LogP contribution in [0.1, 0.15) is 19.8 Å². The molecule has 0 unspecified atom stereocenters. The third-order valence-corrected chi connectivity index (χ3v) is 4.03. The number of benzene rings is 1. The van der Waals surface area contributed by atoms with Crippen molar-refractivity contribution < 1.29 is 4.92 Å². The lowest BCUT2D eigenvalue weighted by Gasteiger charge is -2.30. The summed E-state index contributed by atoms with van der Waals surface area (Å²) in [6.07, 6.45) is 2.25. The van der Waals surface area contributed by atoms with Crippen LogP contribution >= 0.6 is 11.6 Å². The quantitative estimate of drug-likeness (QED) is 0.670. The van der Waals surface area contributed by atoms with E-state index in [1.165, 1.54) is 6.07 Å². The Morgan fingerprint density at radius 2 is 2.15 bits per heavy atom. The highest BCUT2D eigenvalue weighted by atomic mass is 35.5. The summed E-state index contributed by atoms with van der Waals surface area (Å²) in [4.78, 5) is 12.9. The normalized spacial score (nSPS) is 16.1. The molecule has 1 fully saturated rings. The maximum absolute atomic E-state index is 11.2. The van der Waals surface area contributed by atoms with Crippen molar-refractivity contribution in [3.63, 3.8) is 0 Å². The summed E-state index contributed by atoms with van der Waals surface area (Å²) < 4.78 is 0. The molecule has 1 aliphatic rings. The third-order valence-electron chi connectivity index (χ3n) is 3.79. The van der Waals surface area contributed by atoms with Crippen LogP contribution in [0.5, 0.6) is 0 Å². The monoisotopic (exact) mass is 297 g/mol. The molecule has 0 atom stereocenters. The van der Waals surface area contributed by atoms with Crippen molar-refractivity contribution in [3.8, 4) is 0 Å². The van der Waals surface area contributed by atoms with Gasteiger partial charge in [0.2, 0.25) is 0 Å². The number of hydrogen-bond donors (Lipinski definition) is 1. The van der Waals surface area contributed by atoms with Crippen molar-refractivity contribution in [2.24, 2.45) is 5.92 Å². The van der Waals surface area contributed by atoms with E-state index in [-0.39, 0.29) is 10.6 Å². The number of nitrogens with zero attached hydrogens (tertiary/aromatic N) is 2. The molecule has 1 aliphatic heterocycles. The first kappa shape index (κ1) is 15.1. The van der Waals surface area contributed by atoms with Crippen LogP contribution in [0, 0.1) is 16.0 Å². The lowest BCUT2D eigenvalue weighted by atomic mass is 9.97. The van der Waals surface area contributed by atoms with Crippen LogP contribution in [0.25, 0.3) is 0 Å². The van der Waals surface area contributed by atoms with Gasteiger partial charge in [0, 0.05) is 24.2 Å². The second-order valence-electron chi connectivity index (χ2n) is 5.12. The van der Waals surface area contributed by atoms with Crippen LogP contribution < -0.4 is 10.2 Å². The fourth-order valence-electron chi connectivity index (χ4n) is 2.68. The smallest absolute Gasteiger partial charge is 0.294 e. The van der Waals surface area contributed by atoms with Crippen molar-refractivity contribution in [3.05, 3.63) is 33.3 Å². The molecule has 110 valence electrons. The van der Waals surface area contributed by atoms with E-state index in [1.807, 2.05) is 6.92 Å². The van der Waals surface area contributed by atoms with Crippen LogP contribution in [-0.2, 0) is 0 Å². The van der Waals surface area contributed by atoms with Gasteiger partial charge in [0.15, 0.2) is 0 Å². The van der Waals surface area contributed by atoms with Gasteiger partial charge in [-0.2, -0.15) is 0 Å². The molecule has 1 heterocycles. The van der Waals surface area contributed by atoms with Crippen molar-refractivity contribution in [1.82, 2.24) is 5.32 Å². The van der Waals surface area contributed by atoms with Gasteiger partial charge in [-0.15, -0.1) is 0 Å². The maximum Gasteiger partial charge on any atom is 0.294 e. The number of halogens is 1. The minimum absolute atomic E-state index is 0.0910. The minimum atomic E-state index is -0.355. The highest BCUT2D eigenvalue weighted by Gasteiger charge is 2.22. The number of nitro benzene ring substituents is 1. The number of nitro groups is 1. The first-order chi connectivity index (χ1) is 9.61. The molecular weight excluding hydrogens is 278 g/mol. The largest absolute Gasteiger partial charge is 0.366 e. The van der Waals surface area contributed by atoms with E-state index >= 15 is 0 Å². The van der Waals surface area contributed by atoms with E-state index in [2.05, 4.69) is 10.2 Å². The van der Waals surface area contributed by atoms with Gasteiger partial charge in [-0.3, -0.25) is 10.1 Å². The van der Waals surface area contributed by atoms with Crippen molar-refractivity contribution >= 4 is 23.0 Å². The molecule has 6 heteroatoms. The fourth-order valence-corrected chi connectivity index (χ4v) is 2.85. The SMILES string of the molecule is CCN(CC1CCNCC1)c1ccc(Cl)cc1[N+](=O)[O-]. The summed E-state index contributed by atoms with van der Waals surface area (Å²) in [7, 11) is 0. The number of anilines is 1. The molecule has 0 bridgehead atoms. The number of nitrogens with one attached hydrogen (secondary N) is 1. The van der Waals surface area contributed by atoms with E-state index in [4.69, 9.17) is 11.6 Å². The molecule has 0 amide bonds. The molecule has 1 aromatic carbocycles. The molecule has 0 aliphatic carbocycles. The molecule has 1 aromatic rings. The van der Waals surface area contributed by atoms with Crippen LogP contribution in [0.15, 0.2) is 18.2 Å². The number of rotatable bonds is 5. The Balaban J connectivity index is 2.19. The molecular formula is C14H20ClN3O2. The predicted molar refractivity (Wildman–Crippen MR) is 81.6 cm³/mol. The van der Waals surface area contributed by atoms with E-state index in [1.54, 1.807) is 12.1 Å². The summed E-state index contributed by atoms with van der Waals surface area (Å²) in [6, 6.07) is 4.90. The van der Waals surface area contributed by atoms with Gasteiger partial charge < -0.3 is 10.2 Å². The van der Waals surface area contributed by atoms with Crippen molar-refractivity contribution in [2.75, 3.05) is 31.1 Å². The average Bonchev–Trinajstić information content (AvgIpc) is 2.46. The molecule has 2 rings (SSSR count). The minimum Gasteiger partial charge on any atom is -0.366 e. The van der Waals surface area contributed by atoms with Crippen LogP contribution in [0.4, 0.5) is 11.4 Å². The fraction of sp³-hybridized carbons (Fsp3) is 0.571. The Morgan fingerprint density at radius 3 is 2.75 bits per heavy atom. The highest BCUT2D eigenvalue weighted by molar-refractivity contribution is 6.30. The van der Waals surface area contributed by atoms with Crippen LogP contribution in [0.2, 0.25) is 5.02 Å². The van der Waals surface area contributed by atoms with Gasteiger partial charge in [-0.25, -0.2) is 0 Å². The summed E-state index contributed by atoms with van der Waals surface area (Å²) in [5, 5.41) is 14.9. The lowest BCUT2D eigenvalue weighted by molar-refractivity contribution is -0.384. The lowest BCUT2D eigenvalue weighted by Crippen LogP contribution is -2.36. The van der Waals surface area contributed by atoms with Gasteiger partial charge >= 0.3 is 0 Å². The van der Waals surface area contributed by atoms with Gasteiger partial charge in [-0.05, 0) is 50.9 Å². The Kier molecular flexibility index (Phi) is 5.20. The molecule has 0 aromatic heterocycles. The molecule has 1 saturated heterocycles. The number of hydrogen-bond acceptors (Lipinski definition) is 4. The standard InChI is InChI=1S/C14H20ClN3O2/c1-2-17(10-11-5-7-16-8-6-11)13-4-3-12(15)9-14(13)18(19)20/h3-4,9,11,16H,2,5-8,10H2,1H3. The number of piperidine rings is 1. The first-order valence-electron chi connectivity index (χ1n) is 7.01. The van der Waals surface area contributed by atoms with E-state index < -0.39 is 0 Å². The van der Waals surface area contributed by atoms with Crippen molar-refractivity contribution in [1.29, 1.82) is 0 Å². The zero-order valence-corrected chi connectivity index (χ0v) is 12.4. The molecule has 5 nitrogen and oxygen atoms in total. The second-order valence-corrected chi connectivity index (χ2v) is 5.56. The average molecular weight is 298 g/mol. The highest BCUT2D eigenvalue weighted by Crippen LogP contribution is 2.32. The summed E-state index contributed by atoms with van der Waals surface area (Å²) in [5.41, 5.74) is 0.758. The van der Waals surface area contributed by atoms with Crippen LogP contribution in [0.3, 0.4) is 0 Å². The Bertz CT molecular complexity index is 475. The van der Waals surface area contributed by atoms with E-state index in [0.717, 1.165) is 39.0 Å². The predicted octanol–water partition coefficient (Wildman–Crippen LogP) is 3.07. The van der Waals surface area contributed by atoms with Gasteiger partial charge in [0.1, 0.15) is 5.69 Å². The molecule has 0 spiro atoms. The molecule has 20 heavy (non-hydrogen) atoms. The zero-order valence-electron chi connectivity index (χ0n) is 11.6. The molecule has 1 N–H and O–H groups in total. The summed E-state index contributed by atoms with van der Waals surface area (Å²) >= 11 is 5.87. The van der Waals surface area contributed by atoms with E-state index in [0.29, 0.717) is 16.6 Å². The Hall–Kier alpha value is -1.33. The van der Waals surface area contributed by atoms with Crippen LogP contribution in [-0.4, -0.2) is 31.1 Å². The Morgan fingerprint density at radius 1 is 1.45 bits per heavy atom. The molecule has 0 radical (unpaired) electrons. The second kappa shape index (κ2) is 6.90. The van der Waals surface area contributed by atoms with E-state index in [9.17, 15) is 10.1 Å².